The number of amides is 8. The average molecular weight is 1000 g/mol. The first kappa shape index (κ1) is 57.4. The maximum atomic E-state index is 14.5. The van der Waals surface area contributed by atoms with E-state index >= 15 is 0 Å². The summed E-state index contributed by atoms with van der Waals surface area (Å²) in [5, 5.41) is 29.0. The first-order chi connectivity index (χ1) is 34.3. The lowest BCUT2D eigenvalue weighted by atomic mass is 10.0. The molecule has 2 heterocycles. The second-order valence-corrected chi connectivity index (χ2v) is 19.1. The lowest BCUT2D eigenvalue weighted by Crippen LogP contribution is -2.60. The van der Waals surface area contributed by atoms with Crippen LogP contribution in [-0.4, -0.2) is 135 Å². The number of unbranched alkanes of at least 4 members (excludes halogenated alkanes) is 1. The van der Waals surface area contributed by atoms with Crippen LogP contribution in [0.4, 0.5) is 0 Å². The van der Waals surface area contributed by atoms with E-state index in [9.17, 15) is 48.3 Å². The summed E-state index contributed by atoms with van der Waals surface area (Å²) in [4.78, 5) is 130. The van der Waals surface area contributed by atoms with E-state index in [1.807, 2.05) is 44.2 Å². The molecule has 0 spiro atoms. The van der Waals surface area contributed by atoms with Crippen LogP contribution >= 0.6 is 0 Å². The number of hydrogen-bond donors (Lipinski definition) is 10. The molecule has 11 N–H and O–H groups in total. The largest absolute Gasteiger partial charge is 0.508 e. The van der Waals surface area contributed by atoms with Gasteiger partial charge in [0.05, 0.1) is 18.4 Å². The number of nitrogens with two attached hydrogens (primary N) is 1. The number of benzene rings is 2. The van der Waals surface area contributed by atoms with Crippen molar-refractivity contribution < 1.29 is 48.3 Å². The maximum Gasteiger partial charge on any atom is 0.245 e. The summed E-state index contributed by atoms with van der Waals surface area (Å²) in [5.74, 6) is -5.07. The maximum absolute atomic E-state index is 14.5. The van der Waals surface area contributed by atoms with Crippen molar-refractivity contribution in [2.24, 2.45) is 17.6 Å². The van der Waals surface area contributed by atoms with Crippen LogP contribution in [0.3, 0.4) is 0 Å². The molecule has 21 heteroatoms. The van der Waals surface area contributed by atoms with Gasteiger partial charge in [-0.1, -0.05) is 70.2 Å². The minimum Gasteiger partial charge on any atom is -0.508 e. The molecule has 4 rings (SSSR count). The van der Waals surface area contributed by atoms with Gasteiger partial charge in [-0.25, -0.2) is 4.98 Å². The van der Waals surface area contributed by atoms with Gasteiger partial charge in [0.1, 0.15) is 48.3 Å². The molecule has 1 saturated heterocycles. The van der Waals surface area contributed by atoms with Gasteiger partial charge in [-0.05, 0) is 87.0 Å². The van der Waals surface area contributed by atoms with Crippen molar-refractivity contribution in [2.45, 2.75) is 148 Å². The van der Waals surface area contributed by atoms with E-state index in [1.165, 1.54) is 43.4 Å². The van der Waals surface area contributed by atoms with Crippen LogP contribution in [0.1, 0.15) is 96.9 Å². The van der Waals surface area contributed by atoms with Gasteiger partial charge in [0, 0.05) is 44.7 Å². The lowest BCUT2D eigenvalue weighted by Gasteiger charge is -2.31. The molecular weight excluding hydrogens is 927 g/mol. The summed E-state index contributed by atoms with van der Waals surface area (Å²) in [5.41, 5.74) is 8.15. The van der Waals surface area contributed by atoms with E-state index in [2.05, 4.69) is 47.2 Å². The number of imidazole rings is 1. The summed E-state index contributed by atoms with van der Waals surface area (Å²) in [6.07, 6.45) is 5.30. The van der Waals surface area contributed by atoms with Crippen molar-refractivity contribution in [1.82, 2.24) is 52.1 Å². The number of aromatic hydroxyl groups is 1. The minimum atomic E-state index is -1.32. The Labute approximate surface area is 420 Å². The molecule has 0 bridgehead atoms. The molecule has 1 aliphatic heterocycles. The van der Waals surface area contributed by atoms with Crippen LogP contribution in [0.25, 0.3) is 0 Å². The number of carbonyl (C=O) groups is 9. The molecule has 72 heavy (non-hydrogen) atoms. The summed E-state index contributed by atoms with van der Waals surface area (Å²) in [6.45, 7) is 10.6. The van der Waals surface area contributed by atoms with Gasteiger partial charge < -0.3 is 62.7 Å². The lowest BCUT2D eigenvalue weighted by molar-refractivity contribution is -0.142. The molecule has 0 aliphatic carbocycles. The van der Waals surface area contributed by atoms with E-state index in [1.54, 1.807) is 26.0 Å². The number of phenolic OH excluding ortho intramolecular Hbond substituents is 1. The van der Waals surface area contributed by atoms with Crippen molar-refractivity contribution >= 4 is 53.5 Å². The molecule has 1 aromatic heterocycles. The van der Waals surface area contributed by atoms with Crippen molar-refractivity contribution in [3.63, 3.8) is 0 Å². The van der Waals surface area contributed by atoms with E-state index in [0.717, 1.165) is 5.56 Å². The number of nitrogens with one attached hydrogen (secondary N) is 8. The van der Waals surface area contributed by atoms with Gasteiger partial charge in [-0.2, -0.15) is 0 Å². The highest BCUT2D eigenvalue weighted by Gasteiger charge is 2.40. The normalized spacial score (nSPS) is 16.2. The molecule has 392 valence electrons. The monoisotopic (exact) mass is 1000 g/mol. The van der Waals surface area contributed by atoms with Gasteiger partial charge in [0.25, 0.3) is 0 Å². The molecule has 0 unspecified atom stereocenters. The summed E-state index contributed by atoms with van der Waals surface area (Å²) >= 11 is 0. The summed E-state index contributed by atoms with van der Waals surface area (Å²) in [7, 11) is 0. The van der Waals surface area contributed by atoms with Crippen LogP contribution in [0.15, 0.2) is 67.1 Å². The third kappa shape index (κ3) is 18.5. The Morgan fingerprint density at radius 2 is 1.38 bits per heavy atom. The van der Waals surface area contributed by atoms with Crippen molar-refractivity contribution in [3.8, 4) is 5.75 Å². The van der Waals surface area contributed by atoms with Gasteiger partial charge in [0.15, 0.2) is 0 Å². The fourth-order valence-corrected chi connectivity index (χ4v) is 8.18. The van der Waals surface area contributed by atoms with Crippen molar-refractivity contribution in [3.05, 3.63) is 83.9 Å². The minimum absolute atomic E-state index is 0.0167. The molecular formula is C51H73N11O10. The highest BCUT2D eigenvalue weighted by atomic mass is 16.3. The van der Waals surface area contributed by atoms with Gasteiger partial charge in [-0.3, -0.25) is 38.4 Å². The number of carbonyl (C=O) groups excluding carboxylic acids is 9. The number of aromatic amines is 1. The SMILES string of the molecule is CC(=O)NCCCC[C@H](NC(=O)[C@H](Cc1cnc[nH]1)NC(=O)[C@@H]1CCCN1C(=O)[C@H](CC(C)C)NC(=O)[C@@H](N)Cc1ccccc1)C(=O)N[C@@H](Cc1ccc(O)cc1)C(=O)N[C@@H](C)C(=O)N[C@H](C=O)C(C)C. The highest BCUT2D eigenvalue weighted by Crippen LogP contribution is 2.22. The number of aromatic nitrogens is 2. The Bertz CT molecular complexity index is 2280. The molecule has 1 aliphatic rings. The topological polar surface area (TPSA) is 316 Å². The van der Waals surface area contributed by atoms with Crippen LogP contribution < -0.4 is 43.0 Å². The predicted molar refractivity (Wildman–Crippen MR) is 267 cm³/mol. The second-order valence-electron chi connectivity index (χ2n) is 19.1. The summed E-state index contributed by atoms with van der Waals surface area (Å²) in [6, 6.07) is 6.37. The zero-order valence-electron chi connectivity index (χ0n) is 42.1. The Kier molecular flexibility index (Phi) is 22.8. The Hall–Kier alpha value is -7.16. The highest BCUT2D eigenvalue weighted by molar-refractivity contribution is 5.97. The van der Waals surface area contributed by atoms with Crippen LogP contribution in [-0.2, 0) is 62.4 Å². The average Bonchev–Trinajstić information content (AvgIpc) is 4.05. The molecule has 0 radical (unpaired) electrons. The second kappa shape index (κ2) is 28.6. The quantitative estimate of drug-likeness (QED) is 0.0353. The van der Waals surface area contributed by atoms with Gasteiger partial charge >= 0.3 is 0 Å². The molecule has 8 amide bonds. The number of hydrogen-bond acceptors (Lipinski definition) is 12. The number of H-pyrrole nitrogens is 1. The Morgan fingerprint density at radius 1 is 0.750 bits per heavy atom. The predicted octanol–water partition coefficient (Wildman–Crippen LogP) is 0.598. The smallest absolute Gasteiger partial charge is 0.245 e. The third-order valence-corrected chi connectivity index (χ3v) is 12.3. The molecule has 1 fully saturated rings. The fraction of sp³-hybridized carbons (Fsp3) is 0.529. The fourth-order valence-electron chi connectivity index (χ4n) is 8.18. The first-order valence-corrected chi connectivity index (χ1v) is 24.6. The molecule has 0 saturated carbocycles. The zero-order valence-corrected chi connectivity index (χ0v) is 42.1. The third-order valence-electron chi connectivity index (χ3n) is 12.3. The number of aldehydes is 1. The molecule has 3 aromatic rings. The van der Waals surface area contributed by atoms with E-state index in [0.29, 0.717) is 36.8 Å². The van der Waals surface area contributed by atoms with Crippen LogP contribution in [0, 0.1) is 11.8 Å². The first-order valence-electron chi connectivity index (χ1n) is 24.6. The van der Waals surface area contributed by atoms with Crippen molar-refractivity contribution in [2.75, 3.05) is 13.1 Å². The Balaban J connectivity index is 1.57. The number of rotatable bonds is 28. The molecule has 21 nitrogen and oxygen atoms in total. The van der Waals surface area contributed by atoms with E-state index in [-0.39, 0.29) is 75.1 Å². The molecule has 8 atom stereocenters. The van der Waals surface area contributed by atoms with Crippen molar-refractivity contribution in [1.29, 1.82) is 0 Å². The van der Waals surface area contributed by atoms with Gasteiger partial charge in [0.2, 0.25) is 47.3 Å². The van der Waals surface area contributed by atoms with E-state index < -0.39 is 89.7 Å². The number of likely N-dealkylation sites (tertiary alicyclic amines) is 1. The van der Waals surface area contributed by atoms with Crippen LogP contribution in [0.5, 0.6) is 5.75 Å². The van der Waals surface area contributed by atoms with Crippen LogP contribution in [0.2, 0.25) is 0 Å². The summed E-state index contributed by atoms with van der Waals surface area (Å²) < 4.78 is 0. The van der Waals surface area contributed by atoms with E-state index in [4.69, 9.17) is 5.73 Å². The number of phenols is 1. The molecule has 2 aromatic carbocycles. The zero-order chi connectivity index (χ0) is 52.9. The standard InChI is InChI=1S/C51H73N11O10/c1-30(2)23-42(60-46(67)38(52)24-34-13-8-7-9-14-34)51(72)62-22-12-16-44(62)50(71)59-41(26-36-27-53-29-55-36)49(70)57-39(15-10-11-21-54-33(6)64)47(68)58-40(25-35-17-19-37(65)20-18-35)48(69)56-32(5)45(66)61-43(28-63)31(3)4/h7-9,13-14,17-20,27-32,38-44,65H,10-12,15-16,21-26,52H2,1-6H3,(H,53,55)(H,54,64)(H,56,69)(H,57,70)(H,58,68)(H,59,71)(H,60,67)(H,61,66)/t32-,38-,39-,40-,41-,42-,43+,44-/m0/s1. The number of nitrogens with zero attached hydrogens (tertiary/aromatic N) is 2. The Morgan fingerprint density at radius 3 is 2.00 bits per heavy atom. The van der Waals surface area contributed by atoms with Gasteiger partial charge in [-0.15, -0.1) is 0 Å².